The Morgan fingerprint density at radius 2 is 1.83 bits per heavy atom. The summed E-state index contributed by atoms with van der Waals surface area (Å²) < 4.78 is 19.9. The van der Waals surface area contributed by atoms with Crippen molar-refractivity contribution in [2.75, 3.05) is 32.7 Å². The number of ether oxygens (including phenoxy) is 1. The summed E-state index contributed by atoms with van der Waals surface area (Å²) in [7, 11) is 0. The van der Waals surface area contributed by atoms with Crippen LogP contribution in [0.15, 0.2) is 79.1 Å². The predicted octanol–water partition coefficient (Wildman–Crippen LogP) is 3.49. The fourth-order valence-electron chi connectivity index (χ4n) is 3.69. The van der Waals surface area contributed by atoms with Gasteiger partial charge in [-0.15, -0.1) is 0 Å². The number of rotatable bonds is 8. The molecular formula is C27H27FN4O3. The Kier molecular flexibility index (Phi) is 8.19. The van der Waals surface area contributed by atoms with E-state index in [1.165, 1.54) is 24.4 Å². The van der Waals surface area contributed by atoms with Gasteiger partial charge in [0.05, 0.1) is 12.7 Å². The van der Waals surface area contributed by atoms with Crippen molar-refractivity contribution < 1.29 is 18.7 Å². The van der Waals surface area contributed by atoms with Gasteiger partial charge >= 0.3 is 0 Å². The Labute approximate surface area is 203 Å². The summed E-state index contributed by atoms with van der Waals surface area (Å²) in [5, 5.41) is 2.93. The number of hydrogen-bond donors (Lipinski definition) is 1. The van der Waals surface area contributed by atoms with Crippen LogP contribution in [0.3, 0.4) is 0 Å². The molecule has 7 nitrogen and oxygen atoms in total. The fraction of sp³-hybridized carbons (Fsp3) is 0.222. The standard InChI is InChI=1S/C27H27FN4O3/c28-24-17-21(8-10-25(24)35-23-7-4-12-29-19-23)9-11-27(34)32-15-13-31(14-16-32)20-26(33)30-18-22-5-2-1-3-6-22/h1-12,17,19H,13-16,18,20H2,(H,30,33)/b11-9+. The average Bonchev–Trinajstić information content (AvgIpc) is 2.89. The number of halogens is 1. The third-order valence-electron chi connectivity index (χ3n) is 5.62. The van der Waals surface area contributed by atoms with E-state index in [4.69, 9.17) is 4.74 Å². The van der Waals surface area contributed by atoms with Gasteiger partial charge in [0, 0.05) is 45.0 Å². The summed E-state index contributed by atoms with van der Waals surface area (Å²) in [6.45, 7) is 3.10. The van der Waals surface area contributed by atoms with Crippen molar-refractivity contribution in [2.24, 2.45) is 0 Å². The van der Waals surface area contributed by atoms with Crippen LogP contribution in [0.5, 0.6) is 11.5 Å². The lowest BCUT2D eigenvalue weighted by atomic mass is 10.2. The topological polar surface area (TPSA) is 74.8 Å². The summed E-state index contributed by atoms with van der Waals surface area (Å²) in [6, 6.07) is 17.7. The van der Waals surface area contributed by atoms with E-state index in [1.54, 1.807) is 35.4 Å². The van der Waals surface area contributed by atoms with Gasteiger partial charge in [0.15, 0.2) is 11.6 Å². The zero-order valence-corrected chi connectivity index (χ0v) is 19.3. The highest BCUT2D eigenvalue weighted by molar-refractivity contribution is 5.91. The molecule has 0 saturated carbocycles. The maximum atomic E-state index is 14.4. The zero-order chi connectivity index (χ0) is 24.5. The molecule has 0 atom stereocenters. The molecule has 1 aromatic heterocycles. The first-order chi connectivity index (χ1) is 17.1. The third kappa shape index (κ3) is 7.22. The van der Waals surface area contributed by atoms with Crippen LogP contribution in [0.2, 0.25) is 0 Å². The zero-order valence-electron chi connectivity index (χ0n) is 19.3. The fourth-order valence-corrected chi connectivity index (χ4v) is 3.69. The molecule has 1 N–H and O–H groups in total. The van der Waals surface area contributed by atoms with Crippen LogP contribution < -0.4 is 10.1 Å². The van der Waals surface area contributed by atoms with Crippen LogP contribution >= 0.6 is 0 Å². The summed E-state index contributed by atoms with van der Waals surface area (Å²) in [4.78, 5) is 32.5. The van der Waals surface area contributed by atoms with Crippen molar-refractivity contribution in [1.29, 1.82) is 0 Å². The van der Waals surface area contributed by atoms with Crippen LogP contribution in [-0.4, -0.2) is 59.3 Å². The summed E-state index contributed by atoms with van der Waals surface area (Å²) in [6.07, 6.45) is 6.14. The molecule has 35 heavy (non-hydrogen) atoms. The van der Waals surface area contributed by atoms with E-state index in [2.05, 4.69) is 10.3 Å². The van der Waals surface area contributed by atoms with Crippen molar-refractivity contribution in [3.63, 3.8) is 0 Å². The maximum absolute atomic E-state index is 14.4. The number of carbonyl (C=O) groups excluding carboxylic acids is 2. The van der Waals surface area contributed by atoms with Crippen molar-refractivity contribution in [3.05, 3.63) is 96.1 Å². The SMILES string of the molecule is O=C(CN1CCN(C(=O)/C=C/c2ccc(Oc3cccnc3)c(F)c2)CC1)NCc1ccccc1. The Bertz CT molecular complexity index is 1160. The molecule has 0 spiro atoms. The second kappa shape index (κ2) is 11.9. The van der Waals surface area contributed by atoms with Crippen LogP contribution in [0.25, 0.3) is 6.08 Å². The number of aromatic nitrogens is 1. The van der Waals surface area contributed by atoms with Crippen molar-refractivity contribution >= 4 is 17.9 Å². The Morgan fingerprint density at radius 3 is 2.54 bits per heavy atom. The summed E-state index contributed by atoms with van der Waals surface area (Å²) in [5.74, 6) is -0.175. The minimum absolute atomic E-state index is 0.0356. The highest BCUT2D eigenvalue weighted by Crippen LogP contribution is 2.24. The van der Waals surface area contributed by atoms with Gasteiger partial charge in [0.1, 0.15) is 5.75 Å². The first kappa shape index (κ1) is 24.1. The van der Waals surface area contributed by atoms with Crippen molar-refractivity contribution in [2.45, 2.75) is 6.54 Å². The number of piperazine rings is 1. The smallest absolute Gasteiger partial charge is 0.246 e. The van der Waals surface area contributed by atoms with E-state index in [0.29, 0.717) is 50.6 Å². The van der Waals surface area contributed by atoms with E-state index < -0.39 is 5.82 Å². The Morgan fingerprint density at radius 1 is 1.03 bits per heavy atom. The number of pyridine rings is 1. The van der Waals surface area contributed by atoms with Crippen molar-refractivity contribution in [1.82, 2.24) is 20.1 Å². The van der Waals surface area contributed by atoms with Gasteiger partial charge in [-0.2, -0.15) is 0 Å². The lowest BCUT2D eigenvalue weighted by Gasteiger charge is -2.33. The summed E-state index contributed by atoms with van der Waals surface area (Å²) in [5.41, 5.74) is 1.61. The Hall–Kier alpha value is -4.04. The predicted molar refractivity (Wildman–Crippen MR) is 131 cm³/mol. The van der Waals surface area contributed by atoms with E-state index in [1.807, 2.05) is 35.2 Å². The second-order valence-corrected chi connectivity index (χ2v) is 8.18. The van der Waals surface area contributed by atoms with Crippen LogP contribution in [0.4, 0.5) is 4.39 Å². The Balaban J connectivity index is 1.21. The largest absolute Gasteiger partial charge is 0.453 e. The lowest BCUT2D eigenvalue weighted by molar-refractivity contribution is -0.128. The summed E-state index contributed by atoms with van der Waals surface area (Å²) >= 11 is 0. The molecule has 0 bridgehead atoms. The first-order valence-corrected chi connectivity index (χ1v) is 11.4. The minimum Gasteiger partial charge on any atom is -0.453 e. The monoisotopic (exact) mass is 474 g/mol. The van der Waals surface area contributed by atoms with E-state index in [-0.39, 0.29) is 17.6 Å². The van der Waals surface area contributed by atoms with Crippen molar-refractivity contribution in [3.8, 4) is 11.5 Å². The molecule has 180 valence electrons. The molecule has 1 fully saturated rings. The molecule has 0 unspecified atom stereocenters. The highest BCUT2D eigenvalue weighted by Gasteiger charge is 2.21. The molecule has 4 rings (SSSR count). The van der Waals surface area contributed by atoms with E-state index in [9.17, 15) is 14.0 Å². The molecule has 0 radical (unpaired) electrons. The van der Waals surface area contributed by atoms with Crippen LogP contribution in [0.1, 0.15) is 11.1 Å². The van der Waals surface area contributed by atoms with Gasteiger partial charge in [0.25, 0.3) is 0 Å². The molecule has 2 amide bonds. The van der Waals surface area contributed by atoms with Gasteiger partial charge in [-0.25, -0.2) is 4.39 Å². The van der Waals surface area contributed by atoms with Crippen LogP contribution in [0, 0.1) is 5.82 Å². The molecule has 1 saturated heterocycles. The van der Waals surface area contributed by atoms with Gasteiger partial charge in [-0.3, -0.25) is 19.5 Å². The third-order valence-corrected chi connectivity index (χ3v) is 5.62. The van der Waals surface area contributed by atoms with E-state index in [0.717, 1.165) is 5.56 Å². The quantitative estimate of drug-likeness (QED) is 0.506. The highest BCUT2D eigenvalue weighted by atomic mass is 19.1. The number of amides is 2. The number of nitrogens with one attached hydrogen (secondary N) is 1. The normalized spacial score (nSPS) is 14.1. The molecule has 1 aliphatic heterocycles. The number of nitrogens with zero attached hydrogens (tertiary/aromatic N) is 3. The first-order valence-electron chi connectivity index (χ1n) is 11.4. The van der Waals surface area contributed by atoms with Gasteiger partial charge in [0.2, 0.25) is 11.8 Å². The van der Waals surface area contributed by atoms with E-state index >= 15 is 0 Å². The average molecular weight is 475 g/mol. The molecule has 2 heterocycles. The maximum Gasteiger partial charge on any atom is 0.246 e. The van der Waals surface area contributed by atoms with Crippen LogP contribution in [-0.2, 0) is 16.1 Å². The number of benzene rings is 2. The number of carbonyl (C=O) groups is 2. The molecule has 3 aromatic rings. The molecule has 8 heteroatoms. The second-order valence-electron chi connectivity index (χ2n) is 8.18. The van der Waals surface area contributed by atoms with Gasteiger partial charge < -0.3 is 15.0 Å². The van der Waals surface area contributed by atoms with Gasteiger partial charge in [-0.1, -0.05) is 36.4 Å². The number of hydrogen-bond acceptors (Lipinski definition) is 5. The molecule has 2 aromatic carbocycles. The molecular weight excluding hydrogens is 447 g/mol. The van der Waals surface area contributed by atoms with Gasteiger partial charge in [-0.05, 0) is 41.5 Å². The minimum atomic E-state index is -0.525. The lowest BCUT2D eigenvalue weighted by Crippen LogP contribution is -2.50. The molecule has 0 aliphatic carbocycles. The molecule has 1 aliphatic rings.